The van der Waals surface area contributed by atoms with Gasteiger partial charge in [0.2, 0.25) is 5.91 Å². The third kappa shape index (κ3) is 2.79. The van der Waals surface area contributed by atoms with Gasteiger partial charge in [0.05, 0.1) is 0 Å². The quantitative estimate of drug-likeness (QED) is 0.610. The normalized spacial score (nSPS) is 18.8. The number of carbonyl (C=O) groups is 1. The van der Waals surface area contributed by atoms with Crippen LogP contribution in [-0.2, 0) is 9.53 Å². The molecule has 0 aliphatic carbocycles. The first-order valence-electron chi connectivity index (χ1n) is 4.16. The summed E-state index contributed by atoms with van der Waals surface area (Å²) in [7, 11) is 3.60. The molecule has 0 radical (unpaired) electrons. The zero-order valence-corrected chi connectivity index (χ0v) is 7.67. The predicted octanol–water partition coefficient (Wildman–Crippen LogP) is -0.689. The van der Waals surface area contributed by atoms with Gasteiger partial charge >= 0.3 is 0 Å². The highest BCUT2D eigenvalue weighted by Gasteiger charge is 2.22. The Kier molecular flexibility index (Phi) is 3.49. The fraction of sp³-hybridized carbons (Fsp3) is 0.875. The second kappa shape index (κ2) is 4.42. The van der Waals surface area contributed by atoms with Crippen LogP contribution >= 0.6 is 0 Å². The Morgan fingerprint density at radius 3 is 2.83 bits per heavy atom. The van der Waals surface area contributed by atoms with Crippen LogP contribution in [0.1, 0.15) is 0 Å². The number of nitrogens with zero attached hydrogens (tertiary/aromatic N) is 1. The summed E-state index contributed by atoms with van der Waals surface area (Å²) in [5.74, 6) is 0.614. The number of ether oxygens (including phenoxy) is 1. The van der Waals surface area contributed by atoms with Gasteiger partial charge in [0.1, 0.15) is 6.61 Å². The van der Waals surface area contributed by atoms with Crippen molar-refractivity contribution in [2.45, 2.75) is 0 Å². The number of nitrogens with one attached hydrogen (secondary N) is 1. The standard InChI is InChI=1S/C8H16N2O2/c1-10-4-7(5-10)3-9-8(11)6-12-2/h7H,3-6H2,1-2H3,(H,9,11). The Labute approximate surface area is 72.9 Å². The van der Waals surface area contributed by atoms with Crippen LogP contribution in [0.2, 0.25) is 0 Å². The number of hydrogen-bond donors (Lipinski definition) is 1. The van der Waals surface area contributed by atoms with Gasteiger partial charge in [-0.05, 0) is 7.05 Å². The molecule has 0 atom stereocenters. The minimum atomic E-state index is -0.0212. The minimum absolute atomic E-state index is 0.0212. The van der Waals surface area contributed by atoms with Crippen LogP contribution in [-0.4, -0.2) is 51.2 Å². The van der Waals surface area contributed by atoms with Crippen LogP contribution in [0.4, 0.5) is 0 Å². The smallest absolute Gasteiger partial charge is 0.245 e. The SMILES string of the molecule is COCC(=O)NCC1CN(C)C1. The molecule has 0 spiro atoms. The van der Waals surface area contributed by atoms with Crippen molar-refractivity contribution in [3.05, 3.63) is 0 Å². The molecule has 1 fully saturated rings. The molecule has 1 aliphatic rings. The van der Waals surface area contributed by atoms with Crippen LogP contribution in [0.25, 0.3) is 0 Å². The van der Waals surface area contributed by atoms with E-state index < -0.39 is 0 Å². The van der Waals surface area contributed by atoms with Crippen LogP contribution in [0.3, 0.4) is 0 Å². The number of rotatable bonds is 4. The van der Waals surface area contributed by atoms with Crippen molar-refractivity contribution in [2.75, 3.05) is 40.4 Å². The summed E-state index contributed by atoms with van der Waals surface area (Å²) in [5, 5.41) is 2.82. The largest absolute Gasteiger partial charge is 0.375 e. The van der Waals surface area contributed by atoms with Gasteiger partial charge in [-0.1, -0.05) is 0 Å². The Hall–Kier alpha value is -0.610. The van der Waals surface area contributed by atoms with E-state index in [-0.39, 0.29) is 12.5 Å². The maximum absolute atomic E-state index is 10.9. The molecule has 1 saturated heterocycles. The molecule has 0 aromatic heterocycles. The summed E-state index contributed by atoms with van der Waals surface area (Å²) in [6.07, 6.45) is 0. The van der Waals surface area contributed by atoms with Gasteiger partial charge in [-0.2, -0.15) is 0 Å². The number of hydrogen-bond acceptors (Lipinski definition) is 3. The molecule has 0 unspecified atom stereocenters. The molecule has 4 heteroatoms. The van der Waals surface area contributed by atoms with Crippen molar-refractivity contribution < 1.29 is 9.53 Å². The average molecular weight is 172 g/mol. The van der Waals surface area contributed by atoms with Crippen molar-refractivity contribution >= 4 is 5.91 Å². The Balaban J connectivity index is 1.98. The molecule has 1 N–H and O–H groups in total. The van der Waals surface area contributed by atoms with E-state index in [0.717, 1.165) is 19.6 Å². The van der Waals surface area contributed by atoms with Crippen molar-refractivity contribution in [1.29, 1.82) is 0 Å². The van der Waals surface area contributed by atoms with Crippen LogP contribution < -0.4 is 5.32 Å². The summed E-state index contributed by atoms with van der Waals surface area (Å²) >= 11 is 0. The fourth-order valence-corrected chi connectivity index (χ4v) is 1.40. The zero-order chi connectivity index (χ0) is 8.97. The van der Waals surface area contributed by atoms with E-state index in [4.69, 9.17) is 0 Å². The van der Waals surface area contributed by atoms with E-state index in [0.29, 0.717) is 5.92 Å². The summed E-state index contributed by atoms with van der Waals surface area (Å²) in [4.78, 5) is 13.1. The Morgan fingerprint density at radius 2 is 2.33 bits per heavy atom. The highest BCUT2D eigenvalue weighted by Crippen LogP contribution is 2.10. The lowest BCUT2D eigenvalue weighted by molar-refractivity contribution is -0.125. The van der Waals surface area contributed by atoms with E-state index in [1.807, 2.05) is 0 Å². The monoisotopic (exact) mass is 172 g/mol. The molecule has 70 valence electrons. The van der Waals surface area contributed by atoms with E-state index in [9.17, 15) is 4.79 Å². The lowest BCUT2D eigenvalue weighted by Gasteiger charge is -2.36. The van der Waals surface area contributed by atoms with E-state index >= 15 is 0 Å². The van der Waals surface area contributed by atoms with E-state index in [1.165, 1.54) is 7.11 Å². The molecular weight excluding hydrogens is 156 g/mol. The van der Waals surface area contributed by atoms with E-state index in [2.05, 4.69) is 22.0 Å². The van der Waals surface area contributed by atoms with Crippen LogP contribution in [0.5, 0.6) is 0 Å². The highest BCUT2D eigenvalue weighted by molar-refractivity contribution is 5.77. The molecule has 1 rings (SSSR count). The van der Waals surface area contributed by atoms with Gasteiger partial charge in [-0.3, -0.25) is 4.79 Å². The summed E-state index contributed by atoms with van der Waals surface area (Å²) in [6, 6.07) is 0. The molecule has 1 heterocycles. The maximum Gasteiger partial charge on any atom is 0.245 e. The Morgan fingerprint density at radius 1 is 1.67 bits per heavy atom. The molecule has 4 nitrogen and oxygen atoms in total. The van der Waals surface area contributed by atoms with Gasteiger partial charge in [0, 0.05) is 32.7 Å². The number of amides is 1. The van der Waals surface area contributed by atoms with Gasteiger partial charge < -0.3 is 15.0 Å². The highest BCUT2D eigenvalue weighted by atomic mass is 16.5. The van der Waals surface area contributed by atoms with Gasteiger partial charge in [0.25, 0.3) is 0 Å². The van der Waals surface area contributed by atoms with Gasteiger partial charge in [0.15, 0.2) is 0 Å². The fourth-order valence-electron chi connectivity index (χ4n) is 1.40. The first kappa shape index (κ1) is 9.48. The molecule has 0 saturated carbocycles. The molecule has 1 aliphatic heterocycles. The molecule has 12 heavy (non-hydrogen) atoms. The molecule has 0 bridgehead atoms. The lowest BCUT2D eigenvalue weighted by atomic mass is 10.0. The average Bonchev–Trinajstić information content (AvgIpc) is 1.96. The Bertz CT molecular complexity index is 155. The molecule has 0 aromatic carbocycles. The molecule has 0 aromatic rings. The lowest BCUT2D eigenvalue weighted by Crippen LogP contribution is -2.49. The van der Waals surface area contributed by atoms with Crippen molar-refractivity contribution in [3.63, 3.8) is 0 Å². The first-order chi connectivity index (χ1) is 5.72. The number of methoxy groups -OCH3 is 1. The third-order valence-corrected chi connectivity index (χ3v) is 2.00. The number of carbonyl (C=O) groups excluding carboxylic acids is 1. The summed E-state index contributed by atoms with van der Waals surface area (Å²) in [6.45, 7) is 3.13. The second-order valence-electron chi connectivity index (χ2n) is 3.32. The summed E-state index contributed by atoms with van der Waals surface area (Å²) < 4.78 is 4.69. The third-order valence-electron chi connectivity index (χ3n) is 2.00. The summed E-state index contributed by atoms with van der Waals surface area (Å²) in [5.41, 5.74) is 0. The second-order valence-corrected chi connectivity index (χ2v) is 3.32. The zero-order valence-electron chi connectivity index (χ0n) is 7.67. The van der Waals surface area contributed by atoms with Gasteiger partial charge in [-0.25, -0.2) is 0 Å². The first-order valence-corrected chi connectivity index (χ1v) is 4.16. The number of likely N-dealkylation sites (tertiary alicyclic amines) is 1. The van der Waals surface area contributed by atoms with Gasteiger partial charge in [-0.15, -0.1) is 0 Å². The topological polar surface area (TPSA) is 41.6 Å². The molecule has 1 amide bonds. The molecular formula is C8H16N2O2. The maximum atomic E-state index is 10.9. The predicted molar refractivity (Wildman–Crippen MR) is 45.9 cm³/mol. The van der Waals surface area contributed by atoms with Crippen LogP contribution in [0.15, 0.2) is 0 Å². The van der Waals surface area contributed by atoms with Crippen molar-refractivity contribution in [2.24, 2.45) is 5.92 Å². The van der Waals surface area contributed by atoms with Crippen molar-refractivity contribution in [1.82, 2.24) is 10.2 Å². The minimum Gasteiger partial charge on any atom is -0.375 e. The van der Waals surface area contributed by atoms with E-state index in [1.54, 1.807) is 0 Å². The van der Waals surface area contributed by atoms with Crippen molar-refractivity contribution in [3.8, 4) is 0 Å². The van der Waals surface area contributed by atoms with Crippen LogP contribution in [0, 0.1) is 5.92 Å².